The lowest BCUT2D eigenvalue weighted by molar-refractivity contribution is -0.497. The second-order valence-electron chi connectivity index (χ2n) is 7.34. The van der Waals surface area contributed by atoms with E-state index in [2.05, 4.69) is 0 Å². The van der Waals surface area contributed by atoms with Crippen molar-refractivity contribution in [3.63, 3.8) is 0 Å². The Morgan fingerprint density at radius 2 is 1.71 bits per heavy atom. The molecule has 2 rings (SSSR count). The summed E-state index contributed by atoms with van der Waals surface area (Å²) in [4.78, 5) is 9.99. The Hall–Kier alpha value is -2.26. The van der Waals surface area contributed by atoms with Crippen LogP contribution in [0.15, 0.2) is 48.5 Å². The zero-order valence-corrected chi connectivity index (χ0v) is 16.4. The Morgan fingerprint density at radius 3 is 2.29 bits per heavy atom. The average Bonchev–Trinajstić information content (AvgIpc) is 2.57. The molecule has 5 nitrogen and oxygen atoms in total. The fourth-order valence-electron chi connectivity index (χ4n) is 2.51. The highest BCUT2D eigenvalue weighted by Crippen LogP contribution is 2.34. The lowest BCUT2D eigenvalue weighted by Gasteiger charge is -2.32. The van der Waals surface area contributed by atoms with Gasteiger partial charge in [0.15, 0.2) is 0 Å². The highest BCUT2D eigenvalue weighted by atomic mass is 32.2. The van der Waals surface area contributed by atoms with E-state index in [1.54, 1.807) is 30.3 Å². The van der Waals surface area contributed by atoms with Crippen LogP contribution < -0.4 is 4.72 Å². The number of benzene rings is 2. The van der Waals surface area contributed by atoms with Crippen molar-refractivity contribution in [1.82, 2.24) is 4.72 Å². The molecule has 0 spiro atoms. The van der Waals surface area contributed by atoms with E-state index >= 15 is 0 Å². The highest BCUT2D eigenvalue weighted by molar-refractivity contribution is 7.84. The van der Waals surface area contributed by atoms with Gasteiger partial charge in [0.05, 0.1) is 15.7 Å². The van der Waals surface area contributed by atoms with Gasteiger partial charge in [-0.1, -0.05) is 48.5 Å². The SMILES string of the molecule is CC(C)(C)S(=O)N[C@@](/C=C/c1cccc2ccccc12)(C[N+](=O)[O-])C(F)(F)F. The third kappa shape index (κ3) is 4.96. The summed E-state index contributed by atoms with van der Waals surface area (Å²) in [7, 11) is -2.18. The lowest BCUT2D eigenvalue weighted by Crippen LogP contribution is -2.61. The first kappa shape index (κ1) is 22.0. The molecule has 0 aliphatic heterocycles. The van der Waals surface area contributed by atoms with Crippen LogP contribution >= 0.6 is 0 Å². The van der Waals surface area contributed by atoms with Gasteiger partial charge in [0.1, 0.15) is 0 Å². The molecular weight excluding hydrogens is 393 g/mol. The number of hydrogen-bond acceptors (Lipinski definition) is 3. The zero-order chi connectivity index (χ0) is 21.2. The van der Waals surface area contributed by atoms with Gasteiger partial charge in [-0.25, -0.2) is 8.93 Å². The Balaban J connectivity index is 2.58. The van der Waals surface area contributed by atoms with Crippen molar-refractivity contribution >= 4 is 27.8 Å². The fourth-order valence-corrected chi connectivity index (χ4v) is 3.40. The normalized spacial score (nSPS) is 16.2. The third-order valence-electron chi connectivity index (χ3n) is 4.09. The van der Waals surface area contributed by atoms with Crippen LogP contribution in [0.3, 0.4) is 0 Å². The molecule has 2 aromatic rings. The molecule has 2 aromatic carbocycles. The first-order valence-corrected chi connectivity index (χ1v) is 9.56. The summed E-state index contributed by atoms with van der Waals surface area (Å²) in [5.41, 5.74) is -2.61. The summed E-state index contributed by atoms with van der Waals surface area (Å²) in [5.74, 6) is 0. The van der Waals surface area contributed by atoms with Gasteiger partial charge in [-0.3, -0.25) is 10.1 Å². The van der Waals surface area contributed by atoms with E-state index in [9.17, 15) is 27.5 Å². The Kier molecular flexibility index (Phi) is 6.30. The van der Waals surface area contributed by atoms with E-state index in [-0.39, 0.29) is 0 Å². The molecule has 152 valence electrons. The first-order valence-electron chi connectivity index (χ1n) is 8.41. The molecule has 0 bridgehead atoms. The molecule has 28 heavy (non-hydrogen) atoms. The van der Waals surface area contributed by atoms with E-state index in [0.29, 0.717) is 17.0 Å². The van der Waals surface area contributed by atoms with E-state index in [1.807, 2.05) is 16.9 Å². The summed E-state index contributed by atoms with van der Waals surface area (Å²) < 4.78 is 55.2. The number of alkyl halides is 3. The largest absolute Gasteiger partial charge is 0.417 e. The maximum absolute atomic E-state index is 13.9. The molecule has 0 radical (unpaired) electrons. The predicted octanol–water partition coefficient (Wildman–Crippen LogP) is 4.48. The second-order valence-corrected chi connectivity index (χ2v) is 9.31. The van der Waals surface area contributed by atoms with Crippen molar-refractivity contribution in [1.29, 1.82) is 0 Å². The van der Waals surface area contributed by atoms with E-state index in [0.717, 1.165) is 5.39 Å². The summed E-state index contributed by atoms with van der Waals surface area (Å²) in [5, 5.41) is 12.6. The van der Waals surface area contributed by atoms with Crippen LogP contribution in [-0.2, 0) is 11.0 Å². The quantitative estimate of drug-likeness (QED) is 0.559. The average molecular weight is 414 g/mol. The summed E-state index contributed by atoms with van der Waals surface area (Å²) in [6.07, 6.45) is -3.16. The minimum absolute atomic E-state index is 0.471. The smallest absolute Gasteiger partial charge is 0.264 e. The van der Waals surface area contributed by atoms with Crippen LogP contribution in [0.5, 0.6) is 0 Å². The first-order chi connectivity index (χ1) is 12.9. The Labute approximate surface area is 163 Å². The second kappa shape index (κ2) is 8.00. The van der Waals surface area contributed by atoms with Crippen molar-refractivity contribution in [3.05, 3.63) is 64.2 Å². The van der Waals surface area contributed by atoms with Gasteiger partial charge in [0.2, 0.25) is 12.1 Å². The number of rotatable bonds is 6. The summed E-state index contributed by atoms with van der Waals surface area (Å²) in [6, 6.07) is 12.2. The van der Waals surface area contributed by atoms with Crippen molar-refractivity contribution in [2.45, 2.75) is 37.2 Å². The third-order valence-corrected chi connectivity index (χ3v) is 5.75. The standard InChI is InChI=1S/C19H21F3N2O3S/c1-17(2,3)28(27)23-18(13-24(25)26,19(20,21)22)12-11-15-9-6-8-14-7-4-5-10-16(14)15/h4-12,23H,13H2,1-3H3/b12-11+/t18-,28?/m0/s1. The molecule has 1 unspecified atom stereocenters. The van der Waals surface area contributed by atoms with E-state index < -0.39 is 38.9 Å². The van der Waals surface area contributed by atoms with Crippen molar-refractivity contribution in [2.75, 3.05) is 6.54 Å². The van der Waals surface area contributed by atoms with Crippen molar-refractivity contribution in [3.8, 4) is 0 Å². The van der Waals surface area contributed by atoms with Gasteiger partial charge >= 0.3 is 6.18 Å². The van der Waals surface area contributed by atoms with E-state index in [4.69, 9.17) is 0 Å². The van der Waals surface area contributed by atoms with Crippen LogP contribution in [-0.4, -0.2) is 32.1 Å². The number of nitrogens with zero attached hydrogens (tertiary/aromatic N) is 1. The molecule has 0 amide bonds. The molecule has 0 saturated carbocycles. The highest BCUT2D eigenvalue weighted by Gasteiger charge is 2.58. The molecule has 0 heterocycles. The van der Waals surface area contributed by atoms with Gasteiger partial charge in [-0.15, -0.1) is 0 Å². The molecule has 0 aliphatic carbocycles. The Bertz CT molecular complexity index is 917. The van der Waals surface area contributed by atoms with Crippen LogP contribution in [0, 0.1) is 10.1 Å². The predicted molar refractivity (Wildman–Crippen MR) is 105 cm³/mol. The molecule has 0 saturated heterocycles. The molecule has 9 heteroatoms. The molecule has 2 atom stereocenters. The van der Waals surface area contributed by atoms with Gasteiger partial charge in [0, 0.05) is 4.92 Å². The maximum atomic E-state index is 13.9. The fraction of sp³-hybridized carbons (Fsp3) is 0.368. The van der Waals surface area contributed by atoms with Crippen LogP contribution in [0.2, 0.25) is 0 Å². The minimum Gasteiger partial charge on any atom is -0.264 e. The van der Waals surface area contributed by atoms with Crippen LogP contribution in [0.1, 0.15) is 26.3 Å². The van der Waals surface area contributed by atoms with Gasteiger partial charge in [-0.2, -0.15) is 13.2 Å². The van der Waals surface area contributed by atoms with Crippen LogP contribution in [0.25, 0.3) is 16.8 Å². The molecule has 0 fully saturated rings. The topological polar surface area (TPSA) is 72.2 Å². The van der Waals surface area contributed by atoms with Gasteiger partial charge in [0.25, 0.3) is 0 Å². The lowest BCUT2D eigenvalue weighted by atomic mass is 9.96. The number of halogens is 3. The molecule has 0 aromatic heterocycles. The summed E-state index contributed by atoms with van der Waals surface area (Å²) in [6.45, 7) is 2.97. The minimum atomic E-state index is -5.04. The van der Waals surface area contributed by atoms with Crippen LogP contribution in [0.4, 0.5) is 13.2 Å². The zero-order valence-electron chi connectivity index (χ0n) is 15.6. The molecular formula is C19H21F3N2O3S. The van der Waals surface area contributed by atoms with E-state index in [1.165, 1.54) is 26.8 Å². The van der Waals surface area contributed by atoms with Gasteiger partial charge < -0.3 is 0 Å². The van der Waals surface area contributed by atoms with Crippen molar-refractivity contribution < 1.29 is 22.3 Å². The number of hydrogen-bond donors (Lipinski definition) is 1. The maximum Gasteiger partial charge on any atom is 0.417 e. The number of nitro groups is 1. The summed E-state index contributed by atoms with van der Waals surface area (Å²) >= 11 is 0. The van der Waals surface area contributed by atoms with Crippen molar-refractivity contribution in [2.24, 2.45) is 0 Å². The molecule has 0 aliphatic rings. The van der Waals surface area contributed by atoms with Gasteiger partial charge in [-0.05, 0) is 43.2 Å². The number of fused-ring (bicyclic) bond motifs is 1. The molecule has 1 N–H and O–H groups in total. The Morgan fingerprint density at radius 1 is 1.11 bits per heavy atom. The number of nitrogens with one attached hydrogen (secondary N) is 1. The monoisotopic (exact) mass is 414 g/mol.